The van der Waals surface area contributed by atoms with Crippen molar-refractivity contribution in [3.05, 3.63) is 47.3 Å². The maximum atomic E-state index is 8.81. The fourth-order valence-electron chi connectivity index (χ4n) is 1.62. The van der Waals surface area contributed by atoms with Gasteiger partial charge in [-0.15, -0.1) is 0 Å². The number of fused-ring (bicyclic) bond motifs is 1. The molecule has 3 aromatic heterocycles. The fraction of sp³-hybridized carbons (Fsp3) is 0.200. The van der Waals surface area contributed by atoms with Crippen LogP contribution in [0.25, 0.3) is 11.1 Å². The molecule has 6 heteroatoms. The van der Waals surface area contributed by atoms with Crippen LogP contribution in [0.3, 0.4) is 0 Å². The fourth-order valence-corrected chi connectivity index (χ4v) is 2.85. The van der Waals surface area contributed by atoms with Gasteiger partial charge in [-0.2, -0.15) is 0 Å². The number of nitrogens with zero attached hydrogens (tertiary/aromatic N) is 2. The lowest BCUT2D eigenvalue weighted by molar-refractivity contribution is 0.468. The molecule has 0 atom stereocenters. The summed E-state index contributed by atoms with van der Waals surface area (Å²) in [4.78, 5) is 7.99. The predicted octanol–water partition coefficient (Wildman–Crippen LogP) is 3.92. The summed E-state index contributed by atoms with van der Waals surface area (Å²) in [7, 11) is -1.32. The molecule has 3 heterocycles. The SMILES string of the molecule is C[Si](C)(C)c1cc2ncccc2o1.Oc1cccnc1Br. The summed E-state index contributed by atoms with van der Waals surface area (Å²) < 4.78 is 6.22. The van der Waals surface area contributed by atoms with E-state index < -0.39 is 8.07 Å². The zero-order valence-corrected chi connectivity index (χ0v) is 14.8. The zero-order chi connectivity index (χ0) is 15.5. The van der Waals surface area contributed by atoms with Crippen LogP contribution in [0.5, 0.6) is 5.75 Å². The van der Waals surface area contributed by atoms with Crippen LogP contribution in [-0.4, -0.2) is 23.1 Å². The van der Waals surface area contributed by atoms with Crippen LogP contribution < -0.4 is 5.38 Å². The second-order valence-electron chi connectivity index (χ2n) is 5.56. The molecule has 0 radical (unpaired) electrons. The quantitative estimate of drug-likeness (QED) is 0.525. The van der Waals surface area contributed by atoms with Gasteiger partial charge < -0.3 is 9.52 Å². The molecule has 0 unspecified atom stereocenters. The van der Waals surface area contributed by atoms with Crippen molar-refractivity contribution in [1.82, 2.24) is 9.97 Å². The van der Waals surface area contributed by atoms with Gasteiger partial charge in [-0.3, -0.25) is 4.98 Å². The maximum Gasteiger partial charge on any atom is 0.152 e. The zero-order valence-electron chi connectivity index (χ0n) is 12.2. The van der Waals surface area contributed by atoms with Crippen molar-refractivity contribution >= 4 is 40.5 Å². The predicted molar refractivity (Wildman–Crippen MR) is 90.6 cm³/mol. The van der Waals surface area contributed by atoms with E-state index >= 15 is 0 Å². The Morgan fingerprint density at radius 2 is 1.76 bits per heavy atom. The van der Waals surface area contributed by atoms with Gasteiger partial charge in [0.05, 0.1) is 5.38 Å². The molecule has 4 nitrogen and oxygen atoms in total. The molecule has 0 fully saturated rings. The van der Waals surface area contributed by atoms with Gasteiger partial charge in [-0.05, 0) is 40.2 Å². The average Bonchev–Trinajstić information content (AvgIpc) is 2.87. The third-order valence-corrected chi connectivity index (χ3v) is 5.10. The summed E-state index contributed by atoms with van der Waals surface area (Å²) >= 11 is 3.03. The van der Waals surface area contributed by atoms with Crippen LogP contribution >= 0.6 is 15.9 Å². The van der Waals surface area contributed by atoms with E-state index in [0.29, 0.717) is 4.60 Å². The molecule has 0 amide bonds. The number of hydrogen-bond donors (Lipinski definition) is 1. The van der Waals surface area contributed by atoms with Crippen LogP contribution in [0, 0.1) is 0 Å². The highest BCUT2D eigenvalue weighted by atomic mass is 79.9. The Balaban J connectivity index is 0.000000173. The number of hydrogen-bond acceptors (Lipinski definition) is 4. The molecule has 1 N–H and O–H groups in total. The Hall–Kier alpha value is -1.66. The molecular formula is C15H17BrN2O2Si. The van der Waals surface area contributed by atoms with Crippen LogP contribution in [0.15, 0.2) is 51.7 Å². The van der Waals surface area contributed by atoms with Crippen molar-refractivity contribution in [2.24, 2.45) is 0 Å². The van der Waals surface area contributed by atoms with E-state index in [1.165, 1.54) is 0 Å². The monoisotopic (exact) mass is 364 g/mol. The molecule has 3 rings (SSSR count). The first-order valence-electron chi connectivity index (χ1n) is 6.52. The highest BCUT2D eigenvalue weighted by Crippen LogP contribution is 2.18. The molecular weight excluding hydrogens is 348 g/mol. The summed E-state index contributed by atoms with van der Waals surface area (Å²) in [6.45, 7) is 6.81. The van der Waals surface area contributed by atoms with Crippen molar-refractivity contribution < 1.29 is 9.52 Å². The molecule has 110 valence electrons. The van der Waals surface area contributed by atoms with Gasteiger partial charge in [0, 0.05) is 18.5 Å². The van der Waals surface area contributed by atoms with E-state index in [9.17, 15) is 0 Å². The van der Waals surface area contributed by atoms with E-state index in [4.69, 9.17) is 9.52 Å². The van der Waals surface area contributed by atoms with E-state index in [1.807, 2.05) is 12.1 Å². The normalized spacial score (nSPS) is 11.0. The summed E-state index contributed by atoms with van der Waals surface area (Å²) in [5, 5.41) is 9.94. The Kier molecular flexibility index (Phi) is 4.79. The van der Waals surface area contributed by atoms with Gasteiger partial charge in [-0.25, -0.2) is 4.98 Å². The van der Waals surface area contributed by atoms with E-state index in [1.54, 1.807) is 24.5 Å². The van der Waals surface area contributed by atoms with E-state index in [-0.39, 0.29) is 5.75 Å². The smallest absolute Gasteiger partial charge is 0.152 e. The molecule has 0 spiro atoms. The van der Waals surface area contributed by atoms with Crippen molar-refractivity contribution in [2.45, 2.75) is 19.6 Å². The number of furan rings is 1. The van der Waals surface area contributed by atoms with Gasteiger partial charge in [0.1, 0.15) is 23.9 Å². The Morgan fingerprint density at radius 3 is 2.29 bits per heavy atom. The van der Waals surface area contributed by atoms with Gasteiger partial charge in [0.15, 0.2) is 5.58 Å². The molecule has 3 aromatic rings. The highest BCUT2D eigenvalue weighted by Gasteiger charge is 2.21. The summed E-state index contributed by atoms with van der Waals surface area (Å²) in [5.74, 6) is 0.174. The van der Waals surface area contributed by atoms with Gasteiger partial charge in [0.25, 0.3) is 0 Å². The Bertz CT molecular complexity index is 684. The van der Waals surface area contributed by atoms with Gasteiger partial charge >= 0.3 is 0 Å². The molecule has 0 aliphatic rings. The van der Waals surface area contributed by atoms with Crippen LogP contribution in [-0.2, 0) is 0 Å². The molecule has 0 saturated carbocycles. The number of aromatic hydroxyl groups is 1. The van der Waals surface area contributed by atoms with E-state index in [0.717, 1.165) is 16.5 Å². The summed E-state index contributed by atoms with van der Waals surface area (Å²) in [6.07, 6.45) is 3.40. The van der Waals surface area contributed by atoms with Crippen LogP contribution in [0.1, 0.15) is 0 Å². The molecule has 21 heavy (non-hydrogen) atoms. The van der Waals surface area contributed by atoms with E-state index in [2.05, 4.69) is 51.6 Å². The van der Waals surface area contributed by atoms with Crippen LogP contribution in [0.2, 0.25) is 19.6 Å². The lowest BCUT2D eigenvalue weighted by Crippen LogP contribution is -2.36. The van der Waals surface area contributed by atoms with Crippen molar-refractivity contribution in [2.75, 3.05) is 0 Å². The molecule has 0 aliphatic carbocycles. The second-order valence-corrected chi connectivity index (χ2v) is 11.3. The maximum absolute atomic E-state index is 8.81. The molecule has 0 bridgehead atoms. The first kappa shape index (κ1) is 15.7. The third-order valence-electron chi connectivity index (χ3n) is 2.77. The lowest BCUT2D eigenvalue weighted by Gasteiger charge is -2.10. The highest BCUT2D eigenvalue weighted by molar-refractivity contribution is 9.10. The molecule has 0 aliphatic heterocycles. The minimum atomic E-state index is -1.32. The first-order valence-corrected chi connectivity index (χ1v) is 10.8. The van der Waals surface area contributed by atoms with Crippen LogP contribution in [0.4, 0.5) is 0 Å². The number of pyridine rings is 2. The largest absolute Gasteiger partial charge is 0.505 e. The third kappa shape index (κ3) is 4.15. The Morgan fingerprint density at radius 1 is 1.10 bits per heavy atom. The molecule has 0 saturated heterocycles. The number of aromatic nitrogens is 2. The summed E-state index contributed by atoms with van der Waals surface area (Å²) in [6, 6.07) is 9.17. The van der Waals surface area contributed by atoms with Crippen molar-refractivity contribution in [3.63, 3.8) is 0 Å². The minimum Gasteiger partial charge on any atom is -0.505 e. The Labute approximate surface area is 133 Å². The van der Waals surface area contributed by atoms with Crippen molar-refractivity contribution in [3.8, 4) is 5.75 Å². The second kappa shape index (κ2) is 6.40. The summed E-state index contributed by atoms with van der Waals surface area (Å²) in [5.41, 5.74) is 1.87. The number of halogens is 1. The standard InChI is InChI=1S/C10H13NOSi.C5H4BrNO/c1-13(2,3)10-7-8-9(12-10)5-4-6-11-8;6-5-4(8)2-1-3-7-5/h4-7H,1-3H3;1-3,8H. The van der Waals surface area contributed by atoms with Gasteiger partial charge in [0.2, 0.25) is 0 Å². The topological polar surface area (TPSA) is 59.2 Å². The molecule has 0 aromatic carbocycles. The minimum absolute atomic E-state index is 0.174. The average molecular weight is 365 g/mol. The number of rotatable bonds is 1. The van der Waals surface area contributed by atoms with Gasteiger partial charge in [-0.1, -0.05) is 19.6 Å². The van der Waals surface area contributed by atoms with Crippen molar-refractivity contribution in [1.29, 1.82) is 0 Å². The first-order chi connectivity index (χ1) is 9.88. The lowest BCUT2D eigenvalue weighted by atomic mass is 10.4.